The molecule has 2 rings (SSSR count). The molecule has 1 unspecified atom stereocenters. The lowest BCUT2D eigenvalue weighted by Crippen LogP contribution is -2.12. The van der Waals surface area contributed by atoms with Gasteiger partial charge in [-0.1, -0.05) is 17.7 Å². The van der Waals surface area contributed by atoms with E-state index in [-0.39, 0.29) is 16.3 Å². The molecule has 1 aromatic heterocycles. The summed E-state index contributed by atoms with van der Waals surface area (Å²) in [6.45, 7) is 1.71. The third-order valence-electron chi connectivity index (χ3n) is 2.75. The van der Waals surface area contributed by atoms with Gasteiger partial charge in [0.2, 0.25) is 5.78 Å². The molecule has 19 heavy (non-hydrogen) atoms. The summed E-state index contributed by atoms with van der Waals surface area (Å²) >= 11 is 5.87. The van der Waals surface area contributed by atoms with Crippen LogP contribution in [0.15, 0.2) is 34.9 Å². The number of hydrogen-bond donors (Lipinski definition) is 0. The average Bonchev–Trinajstić information content (AvgIpc) is 2.78. The van der Waals surface area contributed by atoms with Crippen LogP contribution < -0.4 is 0 Å². The molecule has 0 amide bonds. The van der Waals surface area contributed by atoms with Crippen LogP contribution in [0, 0.1) is 24.1 Å². The lowest BCUT2D eigenvalue weighted by Gasteiger charge is -2.09. The molecular formula is C14H9ClFNO2. The number of aryl methyl sites for hydroxylation is 1. The highest BCUT2D eigenvalue weighted by Crippen LogP contribution is 2.29. The number of ketones is 1. The van der Waals surface area contributed by atoms with Gasteiger partial charge in [0.1, 0.15) is 11.7 Å². The number of benzene rings is 1. The maximum Gasteiger partial charge on any atom is 0.219 e. The molecule has 1 atom stereocenters. The zero-order valence-electron chi connectivity index (χ0n) is 9.98. The number of carbonyl (C=O) groups excluding carboxylic acids is 1. The fraction of sp³-hybridized carbons (Fsp3) is 0.143. The van der Waals surface area contributed by atoms with E-state index >= 15 is 0 Å². The fourth-order valence-electron chi connectivity index (χ4n) is 1.76. The summed E-state index contributed by atoms with van der Waals surface area (Å²) in [6.07, 6.45) is 1.38. The van der Waals surface area contributed by atoms with E-state index in [1.165, 1.54) is 12.3 Å². The Morgan fingerprint density at radius 2 is 2.21 bits per heavy atom. The van der Waals surface area contributed by atoms with Crippen molar-refractivity contribution in [3.63, 3.8) is 0 Å². The molecule has 0 saturated heterocycles. The summed E-state index contributed by atoms with van der Waals surface area (Å²) in [7, 11) is 0. The number of furan rings is 1. The van der Waals surface area contributed by atoms with Crippen molar-refractivity contribution in [1.29, 1.82) is 5.26 Å². The standard InChI is InChI=1S/C14H9ClFNO2/c1-8-4-5-19-14(8)13(18)11(7-17)10-3-2-9(16)6-12(10)15/h2-6,11H,1H3. The van der Waals surface area contributed by atoms with Crippen LogP contribution >= 0.6 is 11.6 Å². The topological polar surface area (TPSA) is 54.0 Å². The number of Topliss-reactive ketones (excluding diaryl/α,β-unsaturated/α-hetero) is 1. The Hall–Kier alpha value is -2.12. The highest BCUT2D eigenvalue weighted by Gasteiger charge is 2.27. The van der Waals surface area contributed by atoms with E-state index in [0.717, 1.165) is 12.1 Å². The van der Waals surface area contributed by atoms with Crippen LogP contribution in [0.4, 0.5) is 4.39 Å². The molecule has 0 aliphatic rings. The Bertz CT molecular complexity index is 672. The van der Waals surface area contributed by atoms with E-state index in [0.29, 0.717) is 5.56 Å². The van der Waals surface area contributed by atoms with E-state index in [4.69, 9.17) is 21.3 Å². The smallest absolute Gasteiger partial charge is 0.219 e. The number of carbonyl (C=O) groups is 1. The first-order valence-electron chi connectivity index (χ1n) is 5.47. The molecule has 0 saturated carbocycles. The highest BCUT2D eigenvalue weighted by molar-refractivity contribution is 6.31. The van der Waals surface area contributed by atoms with Crippen LogP contribution in [0.3, 0.4) is 0 Å². The molecule has 0 aliphatic heterocycles. The first kappa shape index (κ1) is 13.3. The quantitative estimate of drug-likeness (QED) is 0.800. The normalized spacial score (nSPS) is 11.9. The average molecular weight is 278 g/mol. The molecule has 0 fully saturated rings. The van der Waals surface area contributed by atoms with Crippen molar-refractivity contribution in [3.8, 4) is 6.07 Å². The van der Waals surface area contributed by atoms with Crippen molar-refractivity contribution >= 4 is 17.4 Å². The second-order valence-electron chi connectivity index (χ2n) is 4.02. The summed E-state index contributed by atoms with van der Waals surface area (Å²) in [5.41, 5.74) is 0.912. The summed E-state index contributed by atoms with van der Waals surface area (Å²) in [6, 6.07) is 7.08. The second-order valence-corrected chi connectivity index (χ2v) is 4.43. The van der Waals surface area contributed by atoms with Crippen molar-refractivity contribution in [2.45, 2.75) is 12.8 Å². The van der Waals surface area contributed by atoms with Crippen LogP contribution in [0.5, 0.6) is 0 Å². The molecule has 0 aliphatic carbocycles. The summed E-state index contributed by atoms with van der Waals surface area (Å²) in [5, 5.41) is 9.21. The number of hydrogen-bond acceptors (Lipinski definition) is 3. The van der Waals surface area contributed by atoms with E-state index in [2.05, 4.69) is 0 Å². The van der Waals surface area contributed by atoms with Gasteiger partial charge in [0.15, 0.2) is 5.76 Å². The Kier molecular flexibility index (Phi) is 3.68. The Morgan fingerprint density at radius 1 is 1.47 bits per heavy atom. The van der Waals surface area contributed by atoms with Gasteiger partial charge >= 0.3 is 0 Å². The molecule has 0 spiro atoms. The van der Waals surface area contributed by atoms with E-state index in [1.807, 2.05) is 6.07 Å². The summed E-state index contributed by atoms with van der Waals surface area (Å²) in [5.74, 6) is -2.00. The SMILES string of the molecule is Cc1ccoc1C(=O)C(C#N)c1ccc(F)cc1Cl. The second kappa shape index (κ2) is 5.25. The number of rotatable bonds is 3. The highest BCUT2D eigenvalue weighted by atomic mass is 35.5. The van der Waals surface area contributed by atoms with Gasteiger partial charge in [0.05, 0.1) is 12.3 Å². The minimum atomic E-state index is -1.11. The van der Waals surface area contributed by atoms with Crippen molar-refractivity contribution in [2.75, 3.05) is 0 Å². The number of halogens is 2. The maximum absolute atomic E-state index is 13.0. The molecule has 0 N–H and O–H groups in total. The van der Waals surface area contributed by atoms with Crippen LogP contribution in [-0.2, 0) is 0 Å². The van der Waals surface area contributed by atoms with Gasteiger partial charge in [0.25, 0.3) is 0 Å². The van der Waals surface area contributed by atoms with E-state index in [9.17, 15) is 9.18 Å². The number of nitrogens with zero attached hydrogens (tertiary/aromatic N) is 1. The van der Waals surface area contributed by atoms with E-state index < -0.39 is 17.5 Å². The minimum absolute atomic E-state index is 0.0455. The Labute approximate surface area is 114 Å². The zero-order valence-corrected chi connectivity index (χ0v) is 10.7. The van der Waals surface area contributed by atoms with Gasteiger partial charge in [-0.3, -0.25) is 4.79 Å². The maximum atomic E-state index is 13.0. The van der Waals surface area contributed by atoms with Crippen molar-refractivity contribution in [3.05, 3.63) is 58.3 Å². The third kappa shape index (κ3) is 2.51. The van der Waals surface area contributed by atoms with Crippen molar-refractivity contribution in [1.82, 2.24) is 0 Å². The van der Waals surface area contributed by atoms with Gasteiger partial charge in [-0.2, -0.15) is 5.26 Å². The molecule has 96 valence electrons. The molecule has 1 aromatic carbocycles. The summed E-state index contributed by atoms with van der Waals surface area (Å²) < 4.78 is 18.1. The molecule has 0 radical (unpaired) electrons. The van der Waals surface area contributed by atoms with Gasteiger partial charge in [-0.25, -0.2) is 4.39 Å². The van der Waals surface area contributed by atoms with E-state index in [1.54, 1.807) is 13.0 Å². The number of nitriles is 1. The molecule has 3 nitrogen and oxygen atoms in total. The van der Waals surface area contributed by atoms with Gasteiger partial charge in [-0.05, 0) is 36.2 Å². The van der Waals surface area contributed by atoms with Crippen LogP contribution in [0.2, 0.25) is 5.02 Å². The van der Waals surface area contributed by atoms with Gasteiger partial charge < -0.3 is 4.42 Å². The largest absolute Gasteiger partial charge is 0.461 e. The van der Waals surface area contributed by atoms with Crippen LogP contribution in [-0.4, -0.2) is 5.78 Å². The van der Waals surface area contributed by atoms with Gasteiger partial charge in [-0.15, -0.1) is 0 Å². The molecular weight excluding hydrogens is 269 g/mol. The molecule has 0 bridgehead atoms. The minimum Gasteiger partial charge on any atom is -0.461 e. The lowest BCUT2D eigenvalue weighted by molar-refractivity contribution is 0.0951. The summed E-state index contributed by atoms with van der Waals surface area (Å²) in [4.78, 5) is 12.2. The predicted molar refractivity (Wildman–Crippen MR) is 67.5 cm³/mol. The Morgan fingerprint density at radius 3 is 2.74 bits per heavy atom. The first-order chi connectivity index (χ1) is 9.04. The van der Waals surface area contributed by atoms with Crippen molar-refractivity contribution < 1.29 is 13.6 Å². The predicted octanol–water partition coefficient (Wildman–Crippen LogP) is 3.87. The monoisotopic (exact) mass is 277 g/mol. The van der Waals surface area contributed by atoms with Crippen molar-refractivity contribution in [2.24, 2.45) is 0 Å². The lowest BCUT2D eigenvalue weighted by atomic mass is 9.93. The first-order valence-corrected chi connectivity index (χ1v) is 5.85. The van der Waals surface area contributed by atoms with Gasteiger partial charge in [0, 0.05) is 5.02 Å². The van der Waals surface area contributed by atoms with Crippen LogP contribution in [0.25, 0.3) is 0 Å². The fourth-order valence-corrected chi connectivity index (χ4v) is 2.04. The van der Waals surface area contributed by atoms with Crippen LogP contribution in [0.1, 0.15) is 27.6 Å². The molecule has 2 aromatic rings. The Balaban J connectivity index is 2.44. The molecule has 1 heterocycles. The molecule has 5 heteroatoms. The zero-order chi connectivity index (χ0) is 14.0. The third-order valence-corrected chi connectivity index (χ3v) is 3.08.